The molecule has 3 heteroatoms. The van der Waals surface area contributed by atoms with Crippen LogP contribution in [0.15, 0.2) is 127 Å². The summed E-state index contributed by atoms with van der Waals surface area (Å²) >= 11 is 0. The smallest absolute Gasteiger partial charge is 0.178 e. The zero-order chi connectivity index (χ0) is 31.7. The van der Waals surface area contributed by atoms with Gasteiger partial charge in [0.2, 0.25) is 0 Å². The Morgan fingerprint density at radius 3 is 2.04 bits per heavy atom. The highest BCUT2D eigenvalue weighted by atomic mass is 19.1. The van der Waals surface area contributed by atoms with Gasteiger partial charge in [0.1, 0.15) is 17.4 Å². The Kier molecular flexibility index (Phi) is 5.13. The molecule has 1 unspecified atom stereocenters. The van der Waals surface area contributed by atoms with Crippen LogP contribution in [0.2, 0.25) is 0 Å². The van der Waals surface area contributed by atoms with Crippen LogP contribution >= 0.6 is 0 Å². The van der Waals surface area contributed by atoms with Crippen molar-refractivity contribution in [2.45, 2.75) is 24.9 Å². The molecule has 224 valence electrons. The first kappa shape index (κ1) is 26.7. The maximum Gasteiger partial charge on any atom is 0.178 e. The second-order valence-corrected chi connectivity index (χ2v) is 13.5. The fourth-order valence-electron chi connectivity index (χ4n) is 8.70. The van der Waals surface area contributed by atoms with Gasteiger partial charge in [-0.2, -0.15) is 0 Å². The van der Waals surface area contributed by atoms with E-state index in [0.717, 1.165) is 49.7 Å². The molecule has 7 aromatic rings. The third-order valence-corrected chi connectivity index (χ3v) is 10.7. The van der Waals surface area contributed by atoms with Crippen LogP contribution in [0.4, 0.5) is 8.78 Å². The fourth-order valence-corrected chi connectivity index (χ4v) is 8.70. The molecular formula is C44H28F2O. The highest BCUT2D eigenvalue weighted by molar-refractivity contribution is 6.16. The standard InChI is InChI=1S/C44H28F2O/c1-43(2)38-24-27(46)16-18-34(38)40-32-17-15-26(45)23-36(32)42-35(41(40)43)21-22-44(47-42,25-9-4-3-5-10-25)37-20-19-31-29-12-7-6-11-28(29)30-13-8-14-33(37)39(30)31/h3-24H,1-2H3. The first-order chi connectivity index (χ1) is 22.9. The monoisotopic (exact) mass is 610 g/mol. The van der Waals surface area contributed by atoms with Crippen molar-refractivity contribution < 1.29 is 13.5 Å². The largest absolute Gasteiger partial charge is 0.472 e. The molecule has 1 heterocycles. The minimum atomic E-state index is -1.00. The maximum absolute atomic E-state index is 15.2. The Hall–Kier alpha value is -5.54. The predicted octanol–water partition coefficient (Wildman–Crippen LogP) is 11.6. The van der Waals surface area contributed by atoms with Crippen LogP contribution in [0.1, 0.15) is 41.7 Å². The molecule has 1 atom stereocenters. The van der Waals surface area contributed by atoms with Crippen LogP contribution < -0.4 is 4.74 Å². The van der Waals surface area contributed by atoms with Crippen molar-refractivity contribution in [3.63, 3.8) is 0 Å². The molecule has 0 N–H and O–H groups in total. The minimum Gasteiger partial charge on any atom is -0.472 e. The number of benzene rings is 7. The van der Waals surface area contributed by atoms with Gasteiger partial charge in [0.05, 0.1) is 0 Å². The molecule has 0 saturated carbocycles. The third-order valence-electron chi connectivity index (χ3n) is 10.7. The van der Waals surface area contributed by atoms with Gasteiger partial charge in [-0.05, 0) is 91.0 Å². The number of hydrogen-bond donors (Lipinski definition) is 0. The second-order valence-electron chi connectivity index (χ2n) is 13.5. The molecule has 0 saturated heterocycles. The minimum absolute atomic E-state index is 0.266. The molecule has 47 heavy (non-hydrogen) atoms. The number of fused-ring (bicyclic) bond motifs is 11. The van der Waals surface area contributed by atoms with Crippen LogP contribution in [-0.2, 0) is 11.0 Å². The molecule has 1 nitrogen and oxygen atoms in total. The van der Waals surface area contributed by atoms with Crippen molar-refractivity contribution in [1.82, 2.24) is 0 Å². The highest BCUT2D eigenvalue weighted by Crippen LogP contribution is 2.59. The van der Waals surface area contributed by atoms with Gasteiger partial charge in [-0.15, -0.1) is 0 Å². The molecule has 0 fully saturated rings. The number of hydrogen-bond acceptors (Lipinski definition) is 1. The van der Waals surface area contributed by atoms with Crippen LogP contribution in [0, 0.1) is 11.6 Å². The van der Waals surface area contributed by atoms with Crippen molar-refractivity contribution in [2.24, 2.45) is 0 Å². The van der Waals surface area contributed by atoms with Crippen molar-refractivity contribution in [2.75, 3.05) is 0 Å². The van der Waals surface area contributed by atoms with E-state index in [0.29, 0.717) is 11.1 Å². The molecule has 0 aromatic heterocycles. The van der Waals surface area contributed by atoms with E-state index >= 15 is 4.39 Å². The normalized spacial score (nSPS) is 17.7. The van der Waals surface area contributed by atoms with Crippen molar-refractivity contribution in [1.29, 1.82) is 0 Å². The van der Waals surface area contributed by atoms with Gasteiger partial charge in [0.25, 0.3) is 0 Å². The first-order valence-corrected chi connectivity index (χ1v) is 16.1. The van der Waals surface area contributed by atoms with E-state index in [1.807, 2.05) is 30.3 Å². The summed E-state index contributed by atoms with van der Waals surface area (Å²) in [4.78, 5) is 0. The predicted molar refractivity (Wildman–Crippen MR) is 187 cm³/mol. The molecular weight excluding hydrogens is 582 g/mol. The van der Waals surface area contributed by atoms with E-state index in [4.69, 9.17) is 4.74 Å². The van der Waals surface area contributed by atoms with Gasteiger partial charge in [-0.3, -0.25) is 0 Å². The molecule has 0 spiro atoms. The van der Waals surface area contributed by atoms with Crippen molar-refractivity contribution in [3.05, 3.63) is 167 Å². The van der Waals surface area contributed by atoms with Gasteiger partial charge < -0.3 is 4.74 Å². The molecule has 1 aliphatic heterocycles. The van der Waals surface area contributed by atoms with Crippen LogP contribution in [0.25, 0.3) is 61.0 Å². The van der Waals surface area contributed by atoms with Crippen LogP contribution in [-0.4, -0.2) is 0 Å². The van der Waals surface area contributed by atoms with Gasteiger partial charge in [-0.1, -0.05) is 117 Å². The second kappa shape index (κ2) is 9.04. The van der Waals surface area contributed by atoms with Gasteiger partial charge in [0, 0.05) is 27.5 Å². The zero-order valence-electron chi connectivity index (χ0n) is 25.9. The van der Waals surface area contributed by atoms with E-state index < -0.39 is 11.0 Å². The lowest BCUT2D eigenvalue weighted by molar-refractivity contribution is 0.165. The van der Waals surface area contributed by atoms with E-state index in [2.05, 4.69) is 92.7 Å². The lowest BCUT2D eigenvalue weighted by Crippen LogP contribution is -2.35. The summed E-state index contributed by atoms with van der Waals surface area (Å²) in [7, 11) is 0. The van der Waals surface area contributed by atoms with Crippen LogP contribution in [0.5, 0.6) is 5.75 Å². The molecule has 0 bridgehead atoms. The molecule has 0 amide bonds. The molecule has 3 aliphatic rings. The third kappa shape index (κ3) is 3.36. The summed E-state index contributed by atoms with van der Waals surface area (Å²) in [6.45, 7) is 4.28. The molecule has 10 rings (SSSR count). The Labute approximate surface area is 271 Å². The quantitative estimate of drug-likeness (QED) is 0.189. The number of halogens is 2. The van der Waals surface area contributed by atoms with Crippen molar-refractivity contribution >= 4 is 27.6 Å². The summed E-state index contributed by atoms with van der Waals surface area (Å²) in [5.41, 5.74) is 10.3. The number of rotatable bonds is 2. The van der Waals surface area contributed by atoms with E-state index in [1.165, 1.54) is 39.8 Å². The van der Waals surface area contributed by atoms with E-state index in [9.17, 15) is 4.39 Å². The lowest BCUT2D eigenvalue weighted by atomic mass is 9.76. The van der Waals surface area contributed by atoms with E-state index in [-0.39, 0.29) is 11.6 Å². The molecule has 2 aliphatic carbocycles. The first-order valence-electron chi connectivity index (χ1n) is 16.1. The lowest BCUT2D eigenvalue weighted by Gasteiger charge is -2.39. The summed E-state index contributed by atoms with van der Waals surface area (Å²) in [5, 5.41) is 3.93. The van der Waals surface area contributed by atoms with E-state index in [1.54, 1.807) is 12.1 Å². The van der Waals surface area contributed by atoms with Gasteiger partial charge in [0.15, 0.2) is 5.60 Å². The Balaban J connectivity index is 1.30. The molecule has 0 radical (unpaired) electrons. The Morgan fingerprint density at radius 2 is 1.23 bits per heavy atom. The van der Waals surface area contributed by atoms with Gasteiger partial charge >= 0.3 is 0 Å². The average molecular weight is 611 g/mol. The fraction of sp³-hybridized carbons (Fsp3) is 0.0909. The maximum atomic E-state index is 15.2. The topological polar surface area (TPSA) is 9.23 Å². The molecule has 7 aromatic carbocycles. The summed E-state index contributed by atoms with van der Waals surface area (Å²) < 4.78 is 37.4. The van der Waals surface area contributed by atoms with Gasteiger partial charge in [-0.25, -0.2) is 8.78 Å². The van der Waals surface area contributed by atoms with Crippen molar-refractivity contribution in [3.8, 4) is 39.1 Å². The summed E-state index contributed by atoms with van der Waals surface area (Å²) in [6, 6.07) is 39.8. The Morgan fingerprint density at radius 1 is 0.553 bits per heavy atom. The van der Waals surface area contributed by atoms with Crippen LogP contribution in [0.3, 0.4) is 0 Å². The zero-order valence-corrected chi connectivity index (χ0v) is 25.9. The highest BCUT2D eigenvalue weighted by Gasteiger charge is 2.45. The average Bonchev–Trinajstić information content (AvgIpc) is 3.54. The number of ether oxygens (including phenoxy) is 1. The summed E-state index contributed by atoms with van der Waals surface area (Å²) in [6.07, 6.45) is 4.33. The summed E-state index contributed by atoms with van der Waals surface area (Å²) in [5.74, 6) is 0.0400. The SMILES string of the molecule is CC1(C)c2cc(F)ccc2-c2c1c1c(c3cc(F)ccc23)OC(c2ccccc2)(c2ccc3c4c(cccc24)-c2ccccc2-3)C=C1. The Bertz CT molecular complexity index is 2510.